The number of guanidine groups is 3. The maximum atomic E-state index is 5.29. The molecule has 0 radical (unpaired) electrons. The summed E-state index contributed by atoms with van der Waals surface area (Å²) in [5, 5.41) is 15.9. The molecule has 0 bridgehead atoms. The van der Waals surface area contributed by atoms with Crippen LogP contribution in [-0.4, -0.2) is 264 Å². The molecule has 23 heteroatoms. The minimum absolute atomic E-state index is 0.645. The Kier molecular flexibility index (Phi) is 58.1. The molecule has 0 atom stereocenters. The second kappa shape index (κ2) is 59.1. The van der Waals surface area contributed by atoms with Crippen molar-refractivity contribution in [3.63, 3.8) is 0 Å². The molecular weight excluding hydrogens is 1200 g/mol. The molecule has 0 saturated heterocycles. The SMILES string of the molecule is CC(C)CN.CC(C)CN(C)C.CC(C)CN(C)C1=NCCN1C.CC(C)CN(C)C1=NCCO1.CC(C)CN(C)c1ccccn1.CC(C)CN(C)c1ccncn1.CC(C)CNC1=NCCN1.CC(C)CNC1=NCCN1C.CC(C)CNC1=NCCO1.CNCC(C)C. The first-order valence-corrected chi connectivity index (χ1v) is 36.0. The van der Waals surface area contributed by atoms with Gasteiger partial charge in [0.05, 0.1) is 32.7 Å². The molecule has 7 heterocycles. The predicted molar refractivity (Wildman–Crippen MR) is 419 cm³/mol. The van der Waals surface area contributed by atoms with Crippen LogP contribution in [0.15, 0.2) is 67.9 Å². The summed E-state index contributed by atoms with van der Waals surface area (Å²) in [5.41, 5.74) is 5.17. The largest absolute Gasteiger partial charge is 0.463 e. The van der Waals surface area contributed by atoms with Gasteiger partial charge in [0.25, 0.3) is 12.0 Å². The quantitative estimate of drug-likeness (QED) is 0.0684. The van der Waals surface area contributed by atoms with E-state index in [0.29, 0.717) is 53.4 Å². The molecule has 2 aromatic heterocycles. The topological polar surface area (TPSA) is 228 Å². The second-order valence-electron chi connectivity index (χ2n) is 29.3. The van der Waals surface area contributed by atoms with Crippen molar-refractivity contribution in [1.29, 1.82) is 0 Å². The summed E-state index contributed by atoms with van der Waals surface area (Å²) >= 11 is 0. The summed E-state index contributed by atoms with van der Waals surface area (Å²) in [5.74, 6) is 12.2. The van der Waals surface area contributed by atoms with Crippen molar-refractivity contribution < 1.29 is 9.47 Å². The number of pyridine rings is 1. The maximum Gasteiger partial charge on any atom is 0.287 e. The van der Waals surface area contributed by atoms with Crippen LogP contribution in [0.1, 0.15) is 138 Å². The van der Waals surface area contributed by atoms with E-state index in [1.54, 1.807) is 12.5 Å². The average Bonchev–Trinajstić information content (AvgIpc) is 1.94. The maximum absolute atomic E-state index is 5.29. The molecule has 5 aliphatic rings. The van der Waals surface area contributed by atoms with Gasteiger partial charge in [-0.05, 0) is 118 Å². The number of anilines is 2. The van der Waals surface area contributed by atoms with Crippen molar-refractivity contribution in [2.24, 2.45) is 89.9 Å². The van der Waals surface area contributed by atoms with Crippen LogP contribution in [0.4, 0.5) is 11.6 Å². The van der Waals surface area contributed by atoms with Crippen molar-refractivity contribution in [3.05, 3.63) is 43.0 Å². The Bertz CT molecular complexity index is 2150. The number of aliphatic imine (C=N–C) groups is 5. The van der Waals surface area contributed by atoms with Crippen LogP contribution in [0.25, 0.3) is 0 Å². The molecule has 0 saturated carbocycles. The summed E-state index contributed by atoms with van der Waals surface area (Å²) in [7, 11) is 18.6. The fourth-order valence-corrected chi connectivity index (χ4v) is 8.82. The van der Waals surface area contributed by atoms with Gasteiger partial charge >= 0.3 is 0 Å². The zero-order chi connectivity index (χ0) is 73.6. The van der Waals surface area contributed by atoms with E-state index in [2.05, 4.69) is 282 Å². The van der Waals surface area contributed by atoms with Gasteiger partial charge in [0.1, 0.15) is 31.2 Å². The smallest absolute Gasteiger partial charge is 0.287 e. The fourth-order valence-electron chi connectivity index (χ4n) is 8.82. The monoisotopic (exact) mass is 1350 g/mol. The highest BCUT2D eigenvalue weighted by Gasteiger charge is 2.17. The highest BCUT2D eigenvalue weighted by Crippen LogP contribution is 2.10. The molecule has 0 unspecified atom stereocenters. The molecule has 0 aliphatic carbocycles. The van der Waals surface area contributed by atoms with E-state index in [4.69, 9.17) is 15.2 Å². The van der Waals surface area contributed by atoms with Gasteiger partial charge in [-0.1, -0.05) is 145 Å². The van der Waals surface area contributed by atoms with E-state index < -0.39 is 0 Å². The first kappa shape index (κ1) is 94.2. The van der Waals surface area contributed by atoms with E-state index in [-0.39, 0.29) is 0 Å². The van der Waals surface area contributed by atoms with E-state index in [1.807, 2.05) is 51.6 Å². The van der Waals surface area contributed by atoms with E-state index >= 15 is 0 Å². The lowest BCUT2D eigenvalue weighted by atomic mass is 10.2. The molecule has 0 amide bonds. The first-order valence-electron chi connectivity index (χ1n) is 36.0. The molecule has 0 fully saturated rings. The molecular formula is C73H151N21O2. The normalized spacial score (nSPS) is 14.1. The van der Waals surface area contributed by atoms with Crippen molar-refractivity contribution in [1.82, 2.24) is 66.0 Å². The zero-order valence-corrected chi connectivity index (χ0v) is 67.1. The second-order valence-corrected chi connectivity index (χ2v) is 29.3. The number of rotatable bonds is 21. The van der Waals surface area contributed by atoms with Crippen LogP contribution in [0, 0.1) is 59.2 Å². The predicted octanol–water partition coefficient (Wildman–Crippen LogP) is 9.59. The lowest BCUT2D eigenvalue weighted by molar-refractivity contribution is 0.271. The van der Waals surface area contributed by atoms with Gasteiger partial charge < -0.3 is 76.1 Å². The number of hydrogen-bond acceptors (Lipinski definition) is 23. The Hall–Kier alpha value is -5.94. The number of amidine groups is 2. The van der Waals surface area contributed by atoms with Crippen LogP contribution in [0.5, 0.6) is 0 Å². The summed E-state index contributed by atoms with van der Waals surface area (Å²) in [6.45, 7) is 63.0. The first-order chi connectivity index (χ1) is 45.1. The molecule has 23 nitrogen and oxygen atoms in total. The molecule has 2 aromatic rings. The Morgan fingerprint density at radius 1 is 0.479 bits per heavy atom. The van der Waals surface area contributed by atoms with Crippen LogP contribution >= 0.6 is 0 Å². The number of nitrogens with zero attached hydrogens (tertiary/aromatic N) is 15. The van der Waals surface area contributed by atoms with Crippen molar-refractivity contribution in [2.75, 3.05) is 204 Å². The van der Waals surface area contributed by atoms with E-state index in [1.165, 1.54) is 6.54 Å². The summed E-state index contributed by atoms with van der Waals surface area (Å²) in [6.07, 6.45) is 5.16. The highest BCUT2D eigenvalue weighted by molar-refractivity contribution is 5.82. The highest BCUT2D eigenvalue weighted by atomic mass is 16.5. The Labute approximate surface area is 590 Å². The number of nitrogens with one attached hydrogen (secondary N) is 5. The molecule has 7 N–H and O–H groups in total. The lowest BCUT2D eigenvalue weighted by Crippen LogP contribution is -2.39. The molecule has 7 rings (SSSR count). The minimum atomic E-state index is 0.645. The van der Waals surface area contributed by atoms with E-state index in [0.717, 1.165) is 172 Å². The summed E-state index contributed by atoms with van der Waals surface area (Å²) < 4.78 is 10.4. The van der Waals surface area contributed by atoms with Crippen LogP contribution in [0.3, 0.4) is 0 Å². The number of nitrogens with two attached hydrogens (primary N) is 1. The molecule has 560 valence electrons. The van der Waals surface area contributed by atoms with Gasteiger partial charge in [-0.25, -0.2) is 24.9 Å². The Balaban J connectivity index is -0.00000101. The molecule has 0 aromatic carbocycles. The number of ether oxygens (including phenoxy) is 2. The van der Waals surface area contributed by atoms with Gasteiger partial charge in [-0.2, -0.15) is 0 Å². The summed E-state index contributed by atoms with van der Waals surface area (Å²) in [4.78, 5) is 48.7. The zero-order valence-electron chi connectivity index (χ0n) is 67.1. The third-order valence-corrected chi connectivity index (χ3v) is 13.0. The van der Waals surface area contributed by atoms with Gasteiger partial charge in [-0.15, -0.1) is 0 Å². The number of aromatic nitrogens is 3. The Morgan fingerprint density at radius 3 is 1.33 bits per heavy atom. The third-order valence-electron chi connectivity index (χ3n) is 13.0. The third kappa shape index (κ3) is 58.2. The van der Waals surface area contributed by atoms with Gasteiger partial charge in [0.2, 0.25) is 0 Å². The van der Waals surface area contributed by atoms with Crippen LogP contribution < -0.4 is 42.1 Å². The van der Waals surface area contributed by atoms with Crippen molar-refractivity contribution in [2.45, 2.75) is 138 Å². The molecule has 0 spiro atoms. The lowest BCUT2D eigenvalue weighted by Gasteiger charge is -2.26. The van der Waals surface area contributed by atoms with Crippen LogP contribution in [-0.2, 0) is 9.47 Å². The van der Waals surface area contributed by atoms with Crippen molar-refractivity contribution >= 4 is 41.6 Å². The molecule has 96 heavy (non-hydrogen) atoms. The Morgan fingerprint density at radius 2 is 0.969 bits per heavy atom. The van der Waals surface area contributed by atoms with Gasteiger partial charge in [0.15, 0.2) is 17.9 Å². The fraction of sp³-hybridized carbons (Fsp3) is 0.808. The number of likely N-dealkylation sites (N-methyl/N-ethyl adjacent to an activating group) is 2. The van der Waals surface area contributed by atoms with Crippen molar-refractivity contribution in [3.8, 4) is 0 Å². The van der Waals surface area contributed by atoms with E-state index in [9.17, 15) is 0 Å². The van der Waals surface area contributed by atoms with Crippen LogP contribution in [0.2, 0.25) is 0 Å². The standard InChI is InChI=1S/C10H16N2.C9H19N3.C9H15N3.C8H17N3.C8H16N2O.C7H15N3.C7H14N2O.C6H15N.C5H13N.C4H11N/c1-9(2)8-12(3)10-6-4-5-7-11-10;1-8(2)7-12(4)9-10-5-6-11(9)3;1-8(2)6-12(3)9-4-5-10-7-11-9;1-7(2)6-10-8-9-4-5-11(8)3;1-7(2)6-10(3)8-9-4-5-11-8;1-6(2)5-10-7-8-3-4-9-7;1-6(2)5-9-7-8-3-4-10-7;1-6(2)5-7(3)4;1-5(2)4-6-3;1-4(2)3-5/h4-7,9H,8H2,1-3H3;8H,5-7H2,1-4H3;4-5,7-8H,6H2,1-3H3;7H,4-6H2,1-3H3,(H,9,10);7H,4-6H2,1-3H3;6H,3-5H2,1-2H3,(H2,8,9,10);6H,3-5H2,1-2H3,(H,8,9);6H,5H2,1-4H3;5-6H,4H2,1-3H3;4H,3,5H2,1-2H3. The summed E-state index contributed by atoms with van der Waals surface area (Å²) in [6, 6.07) is 9.42. The molecule has 5 aliphatic heterocycles. The minimum Gasteiger partial charge on any atom is -0.463 e. The van der Waals surface area contributed by atoms with Gasteiger partial charge in [0, 0.05) is 120 Å². The average molecular weight is 1360 g/mol. The number of hydrogen-bond donors (Lipinski definition) is 6. The van der Waals surface area contributed by atoms with Gasteiger partial charge in [-0.3, -0.25) is 15.0 Å².